The lowest BCUT2D eigenvalue weighted by molar-refractivity contribution is -0.383. The molecule has 184 valence electrons. The van der Waals surface area contributed by atoms with Crippen molar-refractivity contribution in [2.75, 3.05) is 36.4 Å². The minimum atomic E-state index is -0.532. The number of para-hydroxylation sites is 2. The number of anilines is 2. The second kappa shape index (κ2) is 10.3. The van der Waals surface area contributed by atoms with Gasteiger partial charge in [0.05, 0.1) is 22.3 Å². The van der Waals surface area contributed by atoms with Crippen LogP contribution in [0.2, 0.25) is 5.02 Å². The fourth-order valence-corrected chi connectivity index (χ4v) is 4.49. The van der Waals surface area contributed by atoms with Crippen LogP contribution in [0, 0.1) is 10.1 Å². The molecule has 1 N–H and O–H groups in total. The number of benzene rings is 2. The second-order valence-corrected chi connectivity index (χ2v) is 8.92. The number of hydrogen-bond acceptors (Lipinski definition) is 8. The summed E-state index contributed by atoms with van der Waals surface area (Å²) in [6.07, 6.45) is 3.54. The lowest BCUT2D eigenvalue weighted by atomic mass is 10.1. The Balaban J connectivity index is 1.16. The Morgan fingerprint density at radius 2 is 1.92 bits per heavy atom. The summed E-state index contributed by atoms with van der Waals surface area (Å²) in [5.74, 6) is -0.416. The normalized spacial score (nSPS) is 14.2. The highest BCUT2D eigenvalue weighted by Gasteiger charge is 2.20. The van der Waals surface area contributed by atoms with E-state index in [1.54, 1.807) is 18.3 Å². The van der Waals surface area contributed by atoms with Crippen molar-refractivity contribution in [2.45, 2.75) is 13.1 Å². The molecule has 2 aromatic heterocycles. The Morgan fingerprint density at radius 1 is 1.11 bits per heavy atom. The molecule has 1 aliphatic rings. The summed E-state index contributed by atoms with van der Waals surface area (Å²) in [6, 6.07) is 13.8. The van der Waals surface area contributed by atoms with Gasteiger partial charge in [0.25, 0.3) is 5.69 Å². The first-order valence-electron chi connectivity index (χ1n) is 11.4. The van der Waals surface area contributed by atoms with E-state index in [1.807, 2.05) is 30.5 Å². The number of fused-ring (bicyclic) bond motifs is 1. The van der Waals surface area contributed by atoms with Crippen LogP contribution < -0.4 is 10.2 Å². The van der Waals surface area contributed by atoms with Gasteiger partial charge in [0, 0.05) is 61.1 Å². The van der Waals surface area contributed by atoms with Crippen molar-refractivity contribution in [3.8, 4) is 0 Å². The Kier molecular flexibility index (Phi) is 6.74. The highest BCUT2D eigenvalue weighted by molar-refractivity contribution is 6.31. The summed E-state index contributed by atoms with van der Waals surface area (Å²) in [4.78, 5) is 32.1. The van der Waals surface area contributed by atoms with Crippen LogP contribution in [0.25, 0.3) is 10.9 Å². The maximum Gasteiger partial charge on any atom is 0.292 e. The maximum atomic E-state index is 12.4. The average molecular weight is 507 g/mol. The zero-order valence-electron chi connectivity index (χ0n) is 19.2. The van der Waals surface area contributed by atoms with E-state index in [1.165, 1.54) is 16.8 Å². The SMILES string of the molecule is O=C(Cn1cc(CN2CCN(c3ccnc4cc(Cl)ccc34)CC2)nn1)Nc1ccccc1[N+](=O)[O-]. The van der Waals surface area contributed by atoms with Crippen LogP contribution in [0.5, 0.6) is 0 Å². The van der Waals surface area contributed by atoms with E-state index in [-0.39, 0.29) is 17.9 Å². The van der Waals surface area contributed by atoms with Gasteiger partial charge in [-0.3, -0.25) is 24.8 Å². The number of piperazine rings is 1. The number of nitrogens with one attached hydrogen (secondary N) is 1. The summed E-state index contributed by atoms with van der Waals surface area (Å²) in [7, 11) is 0. The smallest absolute Gasteiger partial charge is 0.292 e. The van der Waals surface area contributed by atoms with Crippen molar-refractivity contribution in [3.63, 3.8) is 0 Å². The molecule has 1 amide bonds. The highest BCUT2D eigenvalue weighted by atomic mass is 35.5. The molecule has 0 aliphatic carbocycles. The van der Waals surface area contributed by atoms with Gasteiger partial charge in [0.2, 0.25) is 5.91 Å². The molecular weight excluding hydrogens is 484 g/mol. The van der Waals surface area contributed by atoms with Crippen molar-refractivity contribution in [3.05, 3.63) is 81.8 Å². The predicted octanol–water partition coefficient (Wildman–Crippen LogP) is 3.35. The summed E-state index contributed by atoms with van der Waals surface area (Å²) < 4.78 is 1.43. The van der Waals surface area contributed by atoms with Crippen LogP contribution in [0.1, 0.15) is 5.69 Å². The molecule has 5 rings (SSSR count). The van der Waals surface area contributed by atoms with Gasteiger partial charge < -0.3 is 10.2 Å². The molecule has 0 bridgehead atoms. The fourth-order valence-electron chi connectivity index (χ4n) is 4.32. The largest absolute Gasteiger partial charge is 0.368 e. The molecule has 11 nitrogen and oxygen atoms in total. The van der Waals surface area contributed by atoms with Crippen molar-refractivity contribution in [2.24, 2.45) is 0 Å². The number of nitro benzene ring substituents is 1. The summed E-state index contributed by atoms with van der Waals surface area (Å²) in [5, 5.41) is 23.7. The van der Waals surface area contributed by atoms with E-state index in [2.05, 4.69) is 30.4 Å². The van der Waals surface area contributed by atoms with E-state index in [0.717, 1.165) is 48.5 Å². The van der Waals surface area contributed by atoms with Gasteiger partial charge in [0.1, 0.15) is 12.2 Å². The summed E-state index contributed by atoms with van der Waals surface area (Å²) in [6.45, 7) is 3.94. The Morgan fingerprint density at radius 3 is 2.72 bits per heavy atom. The number of aromatic nitrogens is 4. The Bertz CT molecular complexity index is 1420. The maximum absolute atomic E-state index is 12.4. The molecule has 2 aromatic carbocycles. The molecule has 36 heavy (non-hydrogen) atoms. The Hall–Kier alpha value is -4.09. The van der Waals surface area contributed by atoms with Gasteiger partial charge in [-0.2, -0.15) is 0 Å². The molecule has 1 aliphatic heterocycles. The molecule has 0 radical (unpaired) electrons. The monoisotopic (exact) mass is 506 g/mol. The van der Waals surface area contributed by atoms with Gasteiger partial charge in [-0.05, 0) is 30.3 Å². The van der Waals surface area contributed by atoms with Crippen molar-refractivity contribution < 1.29 is 9.72 Å². The molecule has 12 heteroatoms. The highest BCUT2D eigenvalue weighted by Crippen LogP contribution is 2.28. The van der Waals surface area contributed by atoms with Gasteiger partial charge in [0.15, 0.2) is 0 Å². The molecule has 1 fully saturated rings. The lowest BCUT2D eigenvalue weighted by Crippen LogP contribution is -2.46. The van der Waals surface area contributed by atoms with E-state index >= 15 is 0 Å². The van der Waals surface area contributed by atoms with Crippen LogP contribution in [0.15, 0.2) is 60.9 Å². The minimum absolute atomic E-state index is 0.0913. The molecule has 4 aromatic rings. The summed E-state index contributed by atoms with van der Waals surface area (Å²) in [5.41, 5.74) is 2.77. The number of pyridine rings is 1. The number of carbonyl (C=O) groups excluding carboxylic acids is 1. The van der Waals surface area contributed by atoms with Crippen LogP contribution in [-0.2, 0) is 17.9 Å². The standard InChI is InChI=1S/C24H23ClN8O3/c25-17-5-6-19-21(13-17)26-8-7-22(19)31-11-9-30(10-12-31)14-18-15-32(29-28-18)16-24(34)27-20-3-1-2-4-23(20)33(35)36/h1-8,13,15H,9-12,14,16H2,(H,27,34). The van der Waals surface area contributed by atoms with Crippen molar-refractivity contribution in [1.29, 1.82) is 0 Å². The molecular formula is C24H23ClN8O3. The molecule has 0 atom stereocenters. The molecule has 0 saturated carbocycles. The lowest BCUT2D eigenvalue weighted by Gasteiger charge is -2.36. The third kappa shape index (κ3) is 5.26. The zero-order chi connectivity index (χ0) is 25.1. The average Bonchev–Trinajstić information content (AvgIpc) is 3.30. The van der Waals surface area contributed by atoms with Crippen LogP contribution in [0.4, 0.5) is 17.1 Å². The number of nitro groups is 1. The van der Waals surface area contributed by atoms with Crippen LogP contribution in [0.3, 0.4) is 0 Å². The molecule has 0 unspecified atom stereocenters. The number of rotatable bonds is 7. The number of halogens is 1. The van der Waals surface area contributed by atoms with Gasteiger partial charge >= 0.3 is 0 Å². The van der Waals surface area contributed by atoms with E-state index in [9.17, 15) is 14.9 Å². The molecule has 3 heterocycles. The zero-order valence-corrected chi connectivity index (χ0v) is 20.0. The fraction of sp³-hybridized carbons (Fsp3) is 0.250. The number of hydrogen-bond donors (Lipinski definition) is 1. The van der Waals surface area contributed by atoms with E-state index < -0.39 is 10.8 Å². The number of carbonyl (C=O) groups is 1. The molecule has 0 spiro atoms. The van der Waals surface area contributed by atoms with Crippen LogP contribution in [-0.4, -0.2) is 61.9 Å². The van der Waals surface area contributed by atoms with Gasteiger partial charge in [-0.15, -0.1) is 5.10 Å². The Labute approximate surface area is 211 Å². The topological polar surface area (TPSA) is 122 Å². The first-order valence-corrected chi connectivity index (χ1v) is 11.8. The van der Waals surface area contributed by atoms with Crippen molar-refractivity contribution >= 4 is 45.5 Å². The van der Waals surface area contributed by atoms with Crippen molar-refractivity contribution in [1.82, 2.24) is 24.9 Å². The molecule has 1 saturated heterocycles. The van der Waals surface area contributed by atoms with E-state index in [4.69, 9.17) is 11.6 Å². The van der Waals surface area contributed by atoms with Gasteiger partial charge in [-0.25, -0.2) is 4.68 Å². The quantitative estimate of drug-likeness (QED) is 0.299. The minimum Gasteiger partial charge on any atom is -0.368 e. The van der Waals surface area contributed by atoms with E-state index in [0.29, 0.717) is 11.6 Å². The summed E-state index contributed by atoms with van der Waals surface area (Å²) >= 11 is 6.12. The third-order valence-corrected chi connectivity index (χ3v) is 6.28. The number of nitrogens with zero attached hydrogens (tertiary/aromatic N) is 7. The van der Waals surface area contributed by atoms with Gasteiger partial charge in [-0.1, -0.05) is 28.9 Å². The van der Waals surface area contributed by atoms with Crippen LogP contribution >= 0.6 is 11.6 Å². The number of amides is 1. The first-order chi connectivity index (χ1) is 17.5. The third-order valence-electron chi connectivity index (χ3n) is 6.05. The second-order valence-electron chi connectivity index (χ2n) is 8.48. The predicted molar refractivity (Wildman–Crippen MR) is 136 cm³/mol. The first kappa shape index (κ1) is 23.6.